The second-order valence-electron chi connectivity index (χ2n) is 4.59. The van der Waals surface area contributed by atoms with E-state index in [0.717, 1.165) is 13.0 Å². The van der Waals surface area contributed by atoms with Gasteiger partial charge in [0.05, 0.1) is 13.2 Å². The van der Waals surface area contributed by atoms with E-state index in [9.17, 15) is 5.11 Å². The Kier molecular flexibility index (Phi) is 6.27. The van der Waals surface area contributed by atoms with Gasteiger partial charge in [0.15, 0.2) is 0 Å². The zero-order chi connectivity index (χ0) is 14.3. The average molecular weight is 269 g/mol. The van der Waals surface area contributed by atoms with Crippen molar-refractivity contribution in [3.63, 3.8) is 0 Å². The topological polar surface area (TPSA) is 92.2 Å². The van der Waals surface area contributed by atoms with Crippen LogP contribution in [0, 0.1) is 5.92 Å². The van der Waals surface area contributed by atoms with E-state index in [1.165, 1.54) is 7.11 Å². The molecule has 0 fully saturated rings. The minimum atomic E-state index is -0.449. The Morgan fingerprint density at radius 3 is 2.32 bits per heavy atom. The van der Waals surface area contributed by atoms with Crippen LogP contribution in [0.2, 0.25) is 0 Å². The highest BCUT2D eigenvalue weighted by Crippen LogP contribution is 2.11. The van der Waals surface area contributed by atoms with E-state index >= 15 is 0 Å². The lowest BCUT2D eigenvalue weighted by Gasteiger charge is -2.15. The Balaban J connectivity index is 2.70. The van der Waals surface area contributed by atoms with Gasteiger partial charge in [0.25, 0.3) is 0 Å². The first-order valence-corrected chi connectivity index (χ1v) is 6.52. The van der Waals surface area contributed by atoms with Crippen molar-refractivity contribution in [3.8, 4) is 6.01 Å². The standard InChI is InChI=1S/C12H23N5O2/c1-5-6-13-10-15-11(17-12(16-10)19-4)14-7-9(18)8(2)3/h8-9,18H,5-7H2,1-4H3,(H2,13,14,15,16,17). The van der Waals surface area contributed by atoms with Gasteiger partial charge < -0.3 is 20.5 Å². The summed E-state index contributed by atoms with van der Waals surface area (Å²) in [6, 6.07) is 0.245. The Morgan fingerprint density at radius 1 is 1.16 bits per heavy atom. The van der Waals surface area contributed by atoms with Gasteiger partial charge in [-0.05, 0) is 12.3 Å². The molecule has 19 heavy (non-hydrogen) atoms. The van der Waals surface area contributed by atoms with Gasteiger partial charge in [-0.3, -0.25) is 0 Å². The third kappa shape index (κ3) is 5.25. The molecule has 0 saturated heterocycles. The number of hydrogen-bond donors (Lipinski definition) is 3. The van der Waals surface area contributed by atoms with Crippen LogP contribution in [0.1, 0.15) is 27.2 Å². The third-order valence-electron chi connectivity index (χ3n) is 2.57. The summed E-state index contributed by atoms with van der Waals surface area (Å²) < 4.78 is 5.03. The number of nitrogens with zero attached hydrogens (tertiary/aromatic N) is 3. The lowest BCUT2D eigenvalue weighted by atomic mass is 10.1. The first kappa shape index (κ1) is 15.4. The number of ether oxygens (including phenoxy) is 1. The maximum atomic E-state index is 9.74. The number of rotatable bonds is 8. The number of aliphatic hydroxyl groups excluding tert-OH is 1. The van der Waals surface area contributed by atoms with Gasteiger partial charge in [0.2, 0.25) is 11.9 Å². The largest absolute Gasteiger partial charge is 0.467 e. The molecule has 0 bridgehead atoms. The van der Waals surface area contributed by atoms with Gasteiger partial charge in [-0.1, -0.05) is 20.8 Å². The highest BCUT2D eigenvalue weighted by molar-refractivity contribution is 5.35. The van der Waals surface area contributed by atoms with E-state index in [2.05, 4.69) is 32.5 Å². The fourth-order valence-corrected chi connectivity index (χ4v) is 1.27. The summed E-state index contributed by atoms with van der Waals surface area (Å²) in [4.78, 5) is 12.4. The average Bonchev–Trinajstić information content (AvgIpc) is 2.42. The van der Waals surface area contributed by atoms with Crippen LogP contribution in [-0.4, -0.2) is 46.4 Å². The van der Waals surface area contributed by atoms with Gasteiger partial charge in [0, 0.05) is 13.1 Å². The van der Waals surface area contributed by atoms with Gasteiger partial charge in [0.1, 0.15) is 0 Å². The van der Waals surface area contributed by atoms with Crippen molar-refractivity contribution in [2.45, 2.75) is 33.3 Å². The lowest BCUT2D eigenvalue weighted by Crippen LogP contribution is -2.25. The quantitative estimate of drug-likeness (QED) is 0.651. The van der Waals surface area contributed by atoms with E-state index in [-0.39, 0.29) is 11.9 Å². The molecule has 1 aromatic heterocycles. The van der Waals surface area contributed by atoms with Crippen LogP contribution in [0.15, 0.2) is 0 Å². The van der Waals surface area contributed by atoms with Crippen molar-refractivity contribution >= 4 is 11.9 Å². The molecule has 0 aliphatic carbocycles. The molecule has 3 N–H and O–H groups in total. The van der Waals surface area contributed by atoms with Crippen LogP contribution in [0.25, 0.3) is 0 Å². The van der Waals surface area contributed by atoms with Crippen LogP contribution in [-0.2, 0) is 0 Å². The smallest absolute Gasteiger partial charge is 0.322 e. The number of hydrogen-bond acceptors (Lipinski definition) is 7. The first-order chi connectivity index (χ1) is 9.06. The SMILES string of the molecule is CCCNc1nc(NCC(O)C(C)C)nc(OC)n1. The molecule has 0 saturated carbocycles. The van der Waals surface area contributed by atoms with Gasteiger partial charge >= 0.3 is 6.01 Å². The van der Waals surface area contributed by atoms with Crippen LogP contribution in [0.3, 0.4) is 0 Å². The van der Waals surface area contributed by atoms with Gasteiger partial charge in [-0.15, -0.1) is 0 Å². The van der Waals surface area contributed by atoms with Crippen molar-refractivity contribution in [3.05, 3.63) is 0 Å². The zero-order valence-electron chi connectivity index (χ0n) is 12.0. The minimum Gasteiger partial charge on any atom is -0.467 e. The van der Waals surface area contributed by atoms with E-state index in [0.29, 0.717) is 18.4 Å². The molecule has 1 heterocycles. The monoisotopic (exact) mass is 269 g/mol. The fourth-order valence-electron chi connectivity index (χ4n) is 1.27. The molecule has 0 spiro atoms. The molecule has 7 heteroatoms. The molecule has 1 rings (SSSR count). The van der Waals surface area contributed by atoms with Crippen LogP contribution >= 0.6 is 0 Å². The summed E-state index contributed by atoms with van der Waals surface area (Å²) in [5, 5.41) is 15.8. The summed E-state index contributed by atoms with van der Waals surface area (Å²) in [7, 11) is 1.51. The predicted octanol–water partition coefficient (Wildman–Crippen LogP) is 1.13. The molecule has 0 radical (unpaired) electrons. The molecule has 0 aliphatic rings. The summed E-state index contributed by atoms with van der Waals surface area (Å²) in [5.74, 6) is 1.04. The summed E-state index contributed by atoms with van der Waals surface area (Å²) in [5.41, 5.74) is 0. The molecule has 0 amide bonds. The van der Waals surface area contributed by atoms with E-state index < -0.39 is 6.10 Å². The summed E-state index contributed by atoms with van der Waals surface area (Å²) in [6.45, 7) is 7.13. The normalized spacial score (nSPS) is 12.3. The summed E-state index contributed by atoms with van der Waals surface area (Å²) >= 11 is 0. The number of aliphatic hydroxyl groups is 1. The molecule has 0 aromatic carbocycles. The van der Waals surface area contributed by atoms with Crippen LogP contribution in [0.5, 0.6) is 6.01 Å². The van der Waals surface area contributed by atoms with Crippen LogP contribution < -0.4 is 15.4 Å². The van der Waals surface area contributed by atoms with E-state index in [1.54, 1.807) is 0 Å². The van der Waals surface area contributed by atoms with Crippen molar-refractivity contribution < 1.29 is 9.84 Å². The van der Waals surface area contributed by atoms with Crippen molar-refractivity contribution in [1.29, 1.82) is 0 Å². The van der Waals surface area contributed by atoms with Crippen LogP contribution in [0.4, 0.5) is 11.9 Å². The Bertz CT molecular complexity index is 386. The Hall–Kier alpha value is -1.63. The molecule has 1 unspecified atom stereocenters. The molecule has 1 atom stereocenters. The molecule has 108 valence electrons. The second kappa shape index (κ2) is 7.73. The Morgan fingerprint density at radius 2 is 1.79 bits per heavy atom. The van der Waals surface area contributed by atoms with Gasteiger partial charge in [-0.25, -0.2) is 0 Å². The zero-order valence-corrected chi connectivity index (χ0v) is 12.0. The molecule has 7 nitrogen and oxygen atoms in total. The van der Waals surface area contributed by atoms with E-state index in [4.69, 9.17) is 4.74 Å². The first-order valence-electron chi connectivity index (χ1n) is 6.52. The third-order valence-corrected chi connectivity index (χ3v) is 2.57. The second-order valence-corrected chi connectivity index (χ2v) is 4.59. The molecule has 0 aliphatic heterocycles. The maximum absolute atomic E-state index is 9.74. The predicted molar refractivity (Wildman–Crippen MR) is 74.5 cm³/mol. The van der Waals surface area contributed by atoms with Gasteiger partial charge in [-0.2, -0.15) is 15.0 Å². The van der Waals surface area contributed by atoms with E-state index in [1.807, 2.05) is 13.8 Å². The highest BCUT2D eigenvalue weighted by atomic mass is 16.5. The number of methoxy groups -OCH3 is 1. The maximum Gasteiger partial charge on any atom is 0.322 e. The van der Waals surface area contributed by atoms with Crippen molar-refractivity contribution in [2.24, 2.45) is 5.92 Å². The molecular weight excluding hydrogens is 246 g/mol. The number of nitrogens with one attached hydrogen (secondary N) is 2. The number of aromatic nitrogens is 3. The fraction of sp³-hybridized carbons (Fsp3) is 0.750. The summed E-state index contributed by atoms with van der Waals surface area (Å²) in [6.07, 6.45) is 0.526. The molecular formula is C12H23N5O2. The molecule has 1 aromatic rings. The van der Waals surface area contributed by atoms with Crippen molar-refractivity contribution in [2.75, 3.05) is 30.8 Å². The Labute approximate surface area is 113 Å². The van der Waals surface area contributed by atoms with Crippen molar-refractivity contribution in [1.82, 2.24) is 15.0 Å². The lowest BCUT2D eigenvalue weighted by molar-refractivity contribution is 0.137. The minimum absolute atomic E-state index is 0.175. The number of anilines is 2. The highest BCUT2D eigenvalue weighted by Gasteiger charge is 2.11.